The van der Waals surface area contributed by atoms with Gasteiger partial charge in [0.05, 0.1) is 30.0 Å². The summed E-state index contributed by atoms with van der Waals surface area (Å²) in [7, 11) is 2.07. The fourth-order valence-corrected chi connectivity index (χ4v) is 5.85. The molecule has 0 saturated carbocycles. The molecule has 0 aromatic carbocycles. The quantitative estimate of drug-likeness (QED) is 0.746. The van der Waals surface area contributed by atoms with Gasteiger partial charge in [-0.05, 0) is 45.6 Å². The van der Waals surface area contributed by atoms with Crippen molar-refractivity contribution in [3.63, 3.8) is 0 Å². The molecule has 4 heterocycles. The fourth-order valence-electron chi connectivity index (χ4n) is 4.96. The largest absolute Gasteiger partial charge is 0.378 e. The van der Waals surface area contributed by atoms with Crippen molar-refractivity contribution in [2.75, 3.05) is 53.0 Å². The minimum atomic E-state index is -0.0354. The number of aromatic nitrogens is 1. The van der Waals surface area contributed by atoms with Crippen molar-refractivity contribution in [3.8, 4) is 0 Å². The van der Waals surface area contributed by atoms with Crippen LogP contribution in [0.3, 0.4) is 0 Å². The molecule has 28 heavy (non-hydrogen) atoms. The van der Waals surface area contributed by atoms with Crippen molar-refractivity contribution in [2.24, 2.45) is 5.41 Å². The standard InChI is InChI=1S/C20H30N4O3S/c1-14-17(28-15(2)21-14)19(26)23-6-4-20(5-7-23)12-16(22(3)13-20)18(25)24-8-10-27-11-9-24/h16H,4-13H2,1-3H3. The van der Waals surface area contributed by atoms with Crippen LogP contribution in [0.2, 0.25) is 0 Å². The summed E-state index contributed by atoms with van der Waals surface area (Å²) in [6.45, 7) is 9.01. The Morgan fingerprint density at radius 2 is 1.79 bits per heavy atom. The first kappa shape index (κ1) is 19.8. The zero-order valence-corrected chi connectivity index (χ0v) is 17.9. The first-order valence-electron chi connectivity index (χ1n) is 10.2. The molecule has 3 fully saturated rings. The molecule has 1 aromatic heterocycles. The van der Waals surface area contributed by atoms with E-state index in [0.717, 1.165) is 54.5 Å². The summed E-state index contributed by atoms with van der Waals surface area (Å²) in [6.07, 6.45) is 2.83. The number of rotatable bonds is 2. The lowest BCUT2D eigenvalue weighted by Crippen LogP contribution is -2.48. The first-order valence-corrected chi connectivity index (χ1v) is 11.0. The predicted molar refractivity (Wildman–Crippen MR) is 108 cm³/mol. The Balaban J connectivity index is 1.38. The maximum absolute atomic E-state index is 13.0. The van der Waals surface area contributed by atoms with Gasteiger partial charge >= 0.3 is 0 Å². The van der Waals surface area contributed by atoms with Crippen LogP contribution in [0.15, 0.2) is 0 Å². The van der Waals surface area contributed by atoms with Crippen molar-refractivity contribution in [3.05, 3.63) is 15.6 Å². The normalized spacial score (nSPS) is 25.5. The van der Waals surface area contributed by atoms with Gasteiger partial charge in [0.2, 0.25) is 5.91 Å². The van der Waals surface area contributed by atoms with Gasteiger partial charge in [0.25, 0.3) is 5.91 Å². The summed E-state index contributed by atoms with van der Waals surface area (Å²) in [5.41, 5.74) is 0.987. The summed E-state index contributed by atoms with van der Waals surface area (Å²) >= 11 is 1.49. The molecule has 1 atom stereocenters. The molecule has 0 radical (unpaired) electrons. The van der Waals surface area contributed by atoms with Crippen LogP contribution in [0.5, 0.6) is 0 Å². The highest BCUT2D eigenvalue weighted by Crippen LogP contribution is 2.43. The number of piperidine rings is 1. The number of thiazole rings is 1. The molecule has 1 spiro atoms. The molecule has 8 heteroatoms. The molecule has 3 saturated heterocycles. The number of aryl methyl sites for hydroxylation is 2. The Morgan fingerprint density at radius 1 is 1.11 bits per heavy atom. The molecule has 1 unspecified atom stereocenters. The van der Waals surface area contributed by atoms with E-state index in [4.69, 9.17) is 4.74 Å². The topological polar surface area (TPSA) is 66.0 Å². The molecule has 0 aliphatic carbocycles. The van der Waals surface area contributed by atoms with Crippen LogP contribution < -0.4 is 0 Å². The number of ether oxygens (including phenoxy) is 1. The number of amides is 2. The molecule has 3 aliphatic rings. The van der Waals surface area contributed by atoms with Gasteiger partial charge in [-0.1, -0.05) is 0 Å². The first-order chi connectivity index (χ1) is 13.4. The second-order valence-electron chi connectivity index (χ2n) is 8.51. The number of morpholine rings is 1. The van der Waals surface area contributed by atoms with E-state index in [1.807, 2.05) is 23.6 Å². The van der Waals surface area contributed by atoms with E-state index >= 15 is 0 Å². The van der Waals surface area contributed by atoms with E-state index < -0.39 is 0 Å². The Kier molecular flexibility index (Phi) is 5.46. The van der Waals surface area contributed by atoms with Crippen LogP contribution in [-0.2, 0) is 9.53 Å². The summed E-state index contributed by atoms with van der Waals surface area (Å²) < 4.78 is 5.38. The van der Waals surface area contributed by atoms with Crippen LogP contribution in [0.4, 0.5) is 0 Å². The number of carbonyl (C=O) groups is 2. The van der Waals surface area contributed by atoms with Crippen molar-refractivity contribution in [1.82, 2.24) is 19.7 Å². The molecule has 3 aliphatic heterocycles. The van der Waals surface area contributed by atoms with E-state index in [2.05, 4.69) is 16.9 Å². The zero-order chi connectivity index (χ0) is 19.9. The van der Waals surface area contributed by atoms with Gasteiger partial charge in [-0.25, -0.2) is 4.98 Å². The van der Waals surface area contributed by atoms with Crippen molar-refractivity contribution < 1.29 is 14.3 Å². The highest BCUT2D eigenvalue weighted by atomic mass is 32.1. The molecule has 0 N–H and O–H groups in total. The van der Waals surface area contributed by atoms with E-state index in [9.17, 15) is 9.59 Å². The van der Waals surface area contributed by atoms with E-state index in [1.54, 1.807) is 0 Å². The van der Waals surface area contributed by atoms with Gasteiger partial charge < -0.3 is 14.5 Å². The second kappa shape index (κ2) is 7.72. The number of likely N-dealkylation sites (N-methyl/N-ethyl adjacent to an activating group) is 1. The third kappa shape index (κ3) is 3.69. The predicted octanol–water partition coefficient (Wildman–Crippen LogP) is 1.55. The number of nitrogens with zero attached hydrogens (tertiary/aromatic N) is 4. The van der Waals surface area contributed by atoms with E-state index in [-0.39, 0.29) is 23.3 Å². The summed E-state index contributed by atoms with van der Waals surface area (Å²) in [4.78, 5) is 37.2. The second-order valence-corrected chi connectivity index (χ2v) is 9.72. The number of hydrogen-bond acceptors (Lipinski definition) is 6. The molecular weight excluding hydrogens is 376 g/mol. The summed E-state index contributed by atoms with van der Waals surface area (Å²) in [6, 6.07) is -0.0354. The lowest BCUT2D eigenvalue weighted by Gasteiger charge is -2.39. The lowest BCUT2D eigenvalue weighted by molar-refractivity contribution is -0.139. The fraction of sp³-hybridized carbons (Fsp3) is 0.750. The van der Waals surface area contributed by atoms with E-state index in [1.165, 1.54) is 11.3 Å². The minimum absolute atomic E-state index is 0.0354. The average molecular weight is 407 g/mol. The van der Waals surface area contributed by atoms with E-state index in [0.29, 0.717) is 26.3 Å². The lowest BCUT2D eigenvalue weighted by atomic mass is 9.76. The number of hydrogen-bond donors (Lipinski definition) is 0. The van der Waals surface area contributed by atoms with Crippen molar-refractivity contribution in [2.45, 2.75) is 39.2 Å². The highest BCUT2D eigenvalue weighted by Gasteiger charge is 2.48. The summed E-state index contributed by atoms with van der Waals surface area (Å²) in [5.74, 6) is 0.363. The molecule has 7 nitrogen and oxygen atoms in total. The third-order valence-corrected chi connectivity index (χ3v) is 7.62. The maximum atomic E-state index is 13.0. The van der Waals surface area contributed by atoms with Gasteiger partial charge in [0.15, 0.2) is 0 Å². The van der Waals surface area contributed by atoms with Crippen LogP contribution in [0.1, 0.15) is 39.6 Å². The van der Waals surface area contributed by atoms with Gasteiger partial charge in [-0.15, -0.1) is 11.3 Å². The van der Waals surface area contributed by atoms with Gasteiger partial charge in [-0.3, -0.25) is 14.5 Å². The van der Waals surface area contributed by atoms with Crippen molar-refractivity contribution >= 4 is 23.2 Å². The monoisotopic (exact) mass is 406 g/mol. The van der Waals surface area contributed by atoms with Crippen LogP contribution in [0.25, 0.3) is 0 Å². The Morgan fingerprint density at radius 3 is 2.39 bits per heavy atom. The molecule has 4 rings (SSSR count). The number of carbonyl (C=O) groups excluding carboxylic acids is 2. The smallest absolute Gasteiger partial charge is 0.265 e. The SMILES string of the molecule is Cc1nc(C)c(C(=O)N2CCC3(CC2)CC(C(=O)N2CCOCC2)N(C)C3)s1. The highest BCUT2D eigenvalue weighted by molar-refractivity contribution is 7.13. The van der Waals surface area contributed by atoms with Crippen molar-refractivity contribution in [1.29, 1.82) is 0 Å². The van der Waals surface area contributed by atoms with Gasteiger partial charge in [-0.2, -0.15) is 0 Å². The van der Waals surface area contributed by atoms with Crippen LogP contribution in [0, 0.1) is 19.3 Å². The third-order valence-electron chi connectivity index (χ3n) is 6.56. The van der Waals surface area contributed by atoms with Crippen LogP contribution in [-0.4, -0.2) is 90.5 Å². The Hall–Kier alpha value is -1.51. The molecular formula is C20H30N4O3S. The summed E-state index contributed by atoms with van der Waals surface area (Å²) in [5, 5.41) is 0.941. The molecule has 154 valence electrons. The number of likely N-dealkylation sites (tertiary alicyclic amines) is 2. The molecule has 1 aromatic rings. The maximum Gasteiger partial charge on any atom is 0.265 e. The Labute approximate surface area is 170 Å². The molecule has 2 amide bonds. The molecule has 0 bridgehead atoms. The zero-order valence-electron chi connectivity index (χ0n) is 17.1. The minimum Gasteiger partial charge on any atom is -0.378 e. The Bertz CT molecular complexity index is 751. The average Bonchev–Trinajstić information content (AvgIpc) is 3.20. The van der Waals surface area contributed by atoms with Crippen LogP contribution >= 0.6 is 11.3 Å². The van der Waals surface area contributed by atoms with Gasteiger partial charge in [0.1, 0.15) is 4.88 Å². The van der Waals surface area contributed by atoms with Gasteiger partial charge in [0, 0.05) is 32.7 Å².